The second-order valence-corrected chi connectivity index (χ2v) is 2.05. The Morgan fingerprint density at radius 1 is 1.70 bits per heavy atom. The average molecular weight is 160 g/mol. The molecule has 0 unspecified atom stereocenters. The minimum absolute atomic E-state index is 0.0602. The summed E-state index contributed by atoms with van der Waals surface area (Å²) in [6.45, 7) is 0. The third-order valence-corrected chi connectivity index (χ3v) is 1.44. The van der Waals surface area contributed by atoms with Crippen molar-refractivity contribution < 1.29 is 9.47 Å². The van der Waals surface area contributed by atoms with Gasteiger partial charge in [0.2, 0.25) is 5.75 Å². The monoisotopic (exact) mass is 159 g/mol. The van der Waals surface area contributed by atoms with Gasteiger partial charge in [0.1, 0.15) is 0 Å². The van der Waals surface area contributed by atoms with Crippen LogP contribution in [0.15, 0.2) is 18.3 Å². The SMILES string of the molecule is COc1ccc[n+]([O-])c1Cl. The Morgan fingerprint density at radius 2 is 2.40 bits per heavy atom. The van der Waals surface area contributed by atoms with Gasteiger partial charge in [-0.1, -0.05) is 0 Å². The number of aromatic nitrogens is 1. The summed E-state index contributed by atoms with van der Waals surface area (Å²) < 4.78 is 5.32. The standard InChI is InChI=1S/C6H6ClNO2/c1-10-5-3-2-4-8(9)6(5)7/h2-4H,1H3. The number of hydrogen-bond donors (Lipinski definition) is 0. The lowest BCUT2D eigenvalue weighted by Crippen LogP contribution is -2.26. The minimum Gasteiger partial charge on any atom is -0.618 e. The van der Waals surface area contributed by atoms with E-state index in [-0.39, 0.29) is 5.15 Å². The summed E-state index contributed by atoms with van der Waals surface area (Å²) in [5.41, 5.74) is 0. The molecule has 0 radical (unpaired) electrons. The second kappa shape index (κ2) is 2.75. The van der Waals surface area contributed by atoms with E-state index in [9.17, 15) is 5.21 Å². The molecule has 4 heteroatoms. The maximum atomic E-state index is 10.7. The Kier molecular flexibility index (Phi) is 1.97. The zero-order valence-electron chi connectivity index (χ0n) is 5.37. The van der Waals surface area contributed by atoms with Gasteiger partial charge in [0.25, 0.3) is 0 Å². The maximum absolute atomic E-state index is 10.7. The molecule has 0 saturated heterocycles. The molecule has 0 aliphatic carbocycles. The Bertz CT molecular complexity index is 239. The Labute approximate surface area is 63.4 Å². The number of pyridine rings is 1. The molecule has 0 aromatic carbocycles. The van der Waals surface area contributed by atoms with Crippen molar-refractivity contribution in [2.24, 2.45) is 0 Å². The molecule has 0 spiro atoms. The van der Waals surface area contributed by atoms with Crippen LogP contribution >= 0.6 is 11.6 Å². The fourth-order valence-corrected chi connectivity index (χ4v) is 0.800. The van der Waals surface area contributed by atoms with E-state index in [1.807, 2.05) is 0 Å². The van der Waals surface area contributed by atoms with Crippen LogP contribution in [-0.4, -0.2) is 7.11 Å². The van der Waals surface area contributed by atoms with Gasteiger partial charge in [-0.3, -0.25) is 0 Å². The van der Waals surface area contributed by atoms with Crippen molar-refractivity contribution in [1.82, 2.24) is 0 Å². The van der Waals surface area contributed by atoms with Gasteiger partial charge in [0, 0.05) is 6.07 Å². The predicted molar refractivity (Wildman–Crippen MR) is 37.0 cm³/mol. The Morgan fingerprint density at radius 3 is 2.90 bits per heavy atom. The lowest BCUT2D eigenvalue weighted by Gasteiger charge is -2.01. The molecular formula is C6H6ClNO2. The zero-order valence-corrected chi connectivity index (χ0v) is 6.13. The van der Waals surface area contributed by atoms with E-state index < -0.39 is 0 Å². The molecule has 0 N–H and O–H groups in total. The van der Waals surface area contributed by atoms with Gasteiger partial charge in [-0.2, -0.15) is 4.73 Å². The van der Waals surface area contributed by atoms with Gasteiger partial charge in [-0.25, -0.2) is 0 Å². The van der Waals surface area contributed by atoms with Crippen molar-refractivity contribution in [3.05, 3.63) is 28.7 Å². The normalized spacial score (nSPS) is 9.40. The molecule has 1 heterocycles. The topological polar surface area (TPSA) is 36.2 Å². The largest absolute Gasteiger partial charge is 0.618 e. The van der Waals surface area contributed by atoms with E-state index in [4.69, 9.17) is 16.3 Å². The lowest BCUT2D eigenvalue weighted by molar-refractivity contribution is -0.603. The summed E-state index contributed by atoms with van der Waals surface area (Å²) >= 11 is 5.52. The van der Waals surface area contributed by atoms with Crippen LogP contribution in [0.25, 0.3) is 0 Å². The van der Waals surface area contributed by atoms with E-state index in [0.717, 1.165) is 0 Å². The Hall–Kier alpha value is -0.960. The number of rotatable bonds is 1. The van der Waals surface area contributed by atoms with Gasteiger partial charge < -0.3 is 9.94 Å². The first-order valence-electron chi connectivity index (χ1n) is 2.67. The number of methoxy groups -OCH3 is 1. The fourth-order valence-electron chi connectivity index (χ4n) is 0.604. The third kappa shape index (κ3) is 1.14. The molecule has 0 bridgehead atoms. The highest BCUT2D eigenvalue weighted by molar-refractivity contribution is 6.29. The number of nitrogens with zero attached hydrogens (tertiary/aromatic N) is 1. The molecular weight excluding hydrogens is 154 g/mol. The molecule has 0 amide bonds. The minimum atomic E-state index is 0.0602. The zero-order chi connectivity index (χ0) is 7.56. The summed E-state index contributed by atoms with van der Waals surface area (Å²) in [6, 6.07) is 3.19. The van der Waals surface area contributed by atoms with Crippen molar-refractivity contribution >= 4 is 11.6 Å². The van der Waals surface area contributed by atoms with Gasteiger partial charge >= 0.3 is 5.15 Å². The first-order chi connectivity index (χ1) is 4.75. The summed E-state index contributed by atoms with van der Waals surface area (Å²) in [4.78, 5) is 0. The predicted octanol–water partition coefficient (Wildman–Crippen LogP) is 0.982. The van der Waals surface area contributed by atoms with Crippen molar-refractivity contribution in [2.45, 2.75) is 0 Å². The molecule has 0 aliphatic rings. The van der Waals surface area contributed by atoms with Crippen LogP contribution in [0.5, 0.6) is 5.75 Å². The number of hydrogen-bond acceptors (Lipinski definition) is 2. The molecule has 0 aliphatic heterocycles. The molecule has 1 aromatic rings. The van der Waals surface area contributed by atoms with Gasteiger partial charge in [0.05, 0.1) is 7.11 Å². The van der Waals surface area contributed by atoms with Crippen LogP contribution < -0.4 is 9.47 Å². The van der Waals surface area contributed by atoms with Gasteiger partial charge in [-0.15, -0.1) is 0 Å². The molecule has 0 fully saturated rings. The maximum Gasteiger partial charge on any atom is 0.328 e. The van der Waals surface area contributed by atoms with Crippen LogP contribution in [0.2, 0.25) is 5.15 Å². The highest BCUT2D eigenvalue weighted by Gasteiger charge is 2.07. The highest BCUT2D eigenvalue weighted by Crippen LogP contribution is 2.17. The summed E-state index contributed by atoms with van der Waals surface area (Å²) in [7, 11) is 1.46. The smallest absolute Gasteiger partial charge is 0.328 e. The first-order valence-corrected chi connectivity index (χ1v) is 3.05. The van der Waals surface area contributed by atoms with Gasteiger partial charge in [0.15, 0.2) is 6.20 Å². The number of halogens is 1. The van der Waals surface area contributed by atoms with Crippen LogP contribution in [-0.2, 0) is 0 Å². The molecule has 0 saturated carbocycles. The van der Waals surface area contributed by atoms with E-state index in [0.29, 0.717) is 10.5 Å². The Balaban J connectivity index is 3.14. The quantitative estimate of drug-likeness (QED) is 0.348. The number of ether oxygens (including phenoxy) is 1. The fraction of sp³-hybridized carbons (Fsp3) is 0.167. The van der Waals surface area contributed by atoms with Crippen LogP contribution in [0.4, 0.5) is 0 Å². The molecule has 0 atom stereocenters. The molecule has 1 aromatic heterocycles. The lowest BCUT2D eigenvalue weighted by atomic mass is 10.5. The van der Waals surface area contributed by atoms with Crippen LogP contribution in [0, 0.1) is 5.21 Å². The molecule has 1 rings (SSSR count). The third-order valence-electron chi connectivity index (χ3n) is 1.09. The van der Waals surface area contributed by atoms with Crippen molar-refractivity contribution in [1.29, 1.82) is 0 Å². The second-order valence-electron chi connectivity index (χ2n) is 1.69. The van der Waals surface area contributed by atoms with E-state index in [1.165, 1.54) is 13.3 Å². The van der Waals surface area contributed by atoms with Crippen molar-refractivity contribution in [2.75, 3.05) is 7.11 Å². The molecule has 10 heavy (non-hydrogen) atoms. The molecule has 54 valence electrons. The van der Waals surface area contributed by atoms with E-state index >= 15 is 0 Å². The highest BCUT2D eigenvalue weighted by atomic mass is 35.5. The average Bonchev–Trinajstić information content (AvgIpc) is 1.95. The van der Waals surface area contributed by atoms with Crippen LogP contribution in [0.1, 0.15) is 0 Å². The van der Waals surface area contributed by atoms with E-state index in [2.05, 4.69) is 0 Å². The summed E-state index contributed by atoms with van der Waals surface area (Å²) in [6.07, 6.45) is 1.31. The van der Waals surface area contributed by atoms with Crippen molar-refractivity contribution in [3.63, 3.8) is 0 Å². The molecule has 3 nitrogen and oxygen atoms in total. The first kappa shape index (κ1) is 7.15. The van der Waals surface area contributed by atoms with E-state index in [1.54, 1.807) is 12.1 Å². The van der Waals surface area contributed by atoms with Crippen LogP contribution in [0.3, 0.4) is 0 Å². The summed E-state index contributed by atoms with van der Waals surface area (Å²) in [5.74, 6) is 0.388. The summed E-state index contributed by atoms with van der Waals surface area (Å²) in [5, 5.41) is 10.8. The van der Waals surface area contributed by atoms with Gasteiger partial charge in [-0.05, 0) is 17.7 Å². The van der Waals surface area contributed by atoms with Crippen molar-refractivity contribution in [3.8, 4) is 5.75 Å².